The molecule has 0 aromatic carbocycles. The van der Waals surface area contributed by atoms with Crippen molar-refractivity contribution >= 4 is 0 Å². The summed E-state index contributed by atoms with van der Waals surface area (Å²) < 4.78 is 0. The number of hydrogen-bond donors (Lipinski definition) is 0. The number of nitrogens with zero attached hydrogens (tertiary/aromatic N) is 1. The Bertz CT molecular complexity index is 391. The summed E-state index contributed by atoms with van der Waals surface area (Å²) in [6.45, 7) is 4.53. The number of unbranched alkanes of at least 4 members (excludes halogenated alkanes) is 6. The first-order valence-electron chi connectivity index (χ1n) is 12.1. The summed E-state index contributed by atoms with van der Waals surface area (Å²) in [5.74, 6) is 2.95. The lowest BCUT2D eigenvalue weighted by molar-refractivity contribution is 0.115. The van der Waals surface area contributed by atoms with Crippen LogP contribution in [0.5, 0.6) is 0 Å². The summed E-state index contributed by atoms with van der Waals surface area (Å²) in [5.41, 5.74) is 0.0413. The second-order valence-electron chi connectivity index (χ2n) is 9.67. The van der Waals surface area contributed by atoms with Crippen LogP contribution in [0.3, 0.4) is 0 Å². The van der Waals surface area contributed by atoms with Gasteiger partial charge in [-0.1, -0.05) is 84.5 Å². The van der Waals surface area contributed by atoms with Gasteiger partial charge in [0.2, 0.25) is 0 Å². The van der Waals surface area contributed by atoms with E-state index in [4.69, 9.17) is 0 Å². The summed E-state index contributed by atoms with van der Waals surface area (Å²) in [6, 6.07) is 2.69. The molecule has 0 spiro atoms. The van der Waals surface area contributed by atoms with Crippen LogP contribution in [0.1, 0.15) is 129 Å². The normalized spacial score (nSPS) is 32.3. The molecule has 2 aliphatic rings. The van der Waals surface area contributed by atoms with Crippen molar-refractivity contribution in [1.29, 1.82) is 5.26 Å². The average Bonchev–Trinajstić information content (AvgIpc) is 2.69. The maximum Gasteiger partial charge on any atom is 0.0689 e. The van der Waals surface area contributed by atoms with E-state index in [0.717, 1.165) is 24.2 Å². The van der Waals surface area contributed by atoms with Gasteiger partial charge in [0.1, 0.15) is 0 Å². The fourth-order valence-corrected chi connectivity index (χ4v) is 5.90. The molecule has 2 saturated carbocycles. The molecular weight excluding hydrogens is 314 g/mol. The van der Waals surface area contributed by atoms with E-state index in [1.54, 1.807) is 0 Å². The zero-order valence-electron chi connectivity index (χ0n) is 17.9. The SMILES string of the molecule is CCCCCCCCCC1CCC(C2CCC(C#N)(CCC)CC2)CC1. The standard InChI is InChI=1S/C25H45N/c1-3-5-6-7-8-9-10-11-22-12-14-23(15-13-22)24-16-19-25(21-26,18-4-2)20-17-24/h22-24H,3-20H2,1-2H3. The lowest BCUT2D eigenvalue weighted by Gasteiger charge is -2.40. The van der Waals surface area contributed by atoms with Gasteiger partial charge in [0.25, 0.3) is 0 Å². The minimum Gasteiger partial charge on any atom is -0.198 e. The third-order valence-electron chi connectivity index (χ3n) is 7.73. The topological polar surface area (TPSA) is 23.8 Å². The Morgan fingerprint density at radius 2 is 1.31 bits per heavy atom. The molecule has 0 aromatic rings. The van der Waals surface area contributed by atoms with E-state index in [2.05, 4.69) is 19.9 Å². The van der Waals surface area contributed by atoms with Crippen LogP contribution in [-0.2, 0) is 0 Å². The van der Waals surface area contributed by atoms with Crippen LogP contribution < -0.4 is 0 Å². The number of hydrogen-bond acceptors (Lipinski definition) is 1. The molecular formula is C25H45N. The van der Waals surface area contributed by atoms with Crippen molar-refractivity contribution in [3.8, 4) is 6.07 Å². The molecule has 0 bridgehead atoms. The Kier molecular flexibility index (Phi) is 10.1. The van der Waals surface area contributed by atoms with Gasteiger partial charge in [-0.05, 0) is 62.7 Å². The molecule has 1 heteroatoms. The fraction of sp³-hybridized carbons (Fsp3) is 0.960. The molecule has 0 N–H and O–H groups in total. The molecule has 0 aromatic heterocycles. The average molecular weight is 360 g/mol. The Hall–Kier alpha value is -0.510. The minimum absolute atomic E-state index is 0.0413. The van der Waals surface area contributed by atoms with E-state index < -0.39 is 0 Å². The third kappa shape index (κ3) is 6.90. The van der Waals surface area contributed by atoms with E-state index in [1.807, 2.05) is 0 Å². The molecule has 2 rings (SSSR count). The highest BCUT2D eigenvalue weighted by Crippen LogP contribution is 2.47. The Morgan fingerprint density at radius 1 is 0.731 bits per heavy atom. The highest BCUT2D eigenvalue weighted by Gasteiger charge is 2.37. The van der Waals surface area contributed by atoms with E-state index in [1.165, 1.54) is 109 Å². The second-order valence-corrected chi connectivity index (χ2v) is 9.67. The van der Waals surface area contributed by atoms with E-state index in [0.29, 0.717) is 0 Å². The maximum absolute atomic E-state index is 9.62. The zero-order valence-corrected chi connectivity index (χ0v) is 17.9. The third-order valence-corrected chi connectivity index (χ3v) is 7.73. The lowest BCUT2D eigenvalue weighted by Crippen LogP contribution is -2.31. The van der Waals surface area contributed by atoms with Crippen LogP contribution in [0.2, 0.25) is 0 Å². The van der Waals surface area contributed by atoms with Gasteiger partial charge in [0, 0.05) is 0 Å². The highest BCUT2D eigenvalue weighted by atomic mass is 14.4. The zero-order chi connectivity index (χ0) is 18.7. The van der Waals surface area contributed by atoms with Crippen molar-refractivity contribution in [3.05, 3.63) is 0 Å². The predicted molar refractivity (Wildman–Crippen MR) is 113 cm³/mol. The first-order valence-corrected chi connectivity index (χ1v) is 12.1. The predicted octanol–water partition coefficient (Wildman–Crippen LogP) is 8.43. The highest BCUT2D eigenvalue weighted by molar-refractivity contribution is 5.02. The van der Waals surface area contributed by atoms with E-state index in [9.17, 15) is 5.26 Å². The van der Waals surface area contributed by atoms with Gasteiger partial charge in [0.05, 0.1) is 11.5 Å². The van der Waals surface area contributed by atoms with Crippen LogP contribution in [-0.4, -0.2) is 0 Å². The molecule has 0 unspecified atom stereocenters. The smallest absolute Gasteiger partial charge is 0.0689 e. The van der Waals surface area contributed by atoms with Crippen molar-refractivity contribution in [2.75, 3.05) is 0 Å². The second kappa shape index (κ2) is 12.0. The molecule has 0 radical (unpaired) electrons. The summed E-state index contributed by atoms with van der Waals surface area (Å²) in [4.78, 5) is 0. The van der Waals surface area contributed by atoms with Gasteiger partial charge >= 0.3 is 0 Å². The van der Waals surface area contributed by atoms with Crippen molar-refractivity contribution in [3.63, 3.8) is 0 Å². The number of rotatable bonds is 11. The van der Waals surface area contributed by atoms with Gasteiger partial charge < -0.3 is 0 Å². The molecule has 1 nitrogen and oxygen atoms in total. The van der Waals surface area contributed by atoms with Gasteiger partial charge in [-0.2, -0.15) is 5.26 Å². The first kappa shape index (κ1) is 21.8. The molecule has 150 valence electrons. The van der Waals surface area contributed by atoms with Crippen LogP contribution in [0.4, 0.5) is 0 Å². The van der Waals surface area contributed by atoms with Crippen LogP contribution >= 0.6 is 0 Å². The molecule has 0 heterocycles. The van der Waals surface area contributed by atoms with E-state index >= 15 is 0 Å². The Morgan fingerprint density at radius 3 is 1.88 bits per heavy atom. The molecule has 0 amide bonds. The summed E-state index contributed by atoms with van der Waals surface area (Å²) in [5, 5.41) is 9.62. The van der Waals surface area contributed by atoms with Gasteiger partial charge in [-0.15, -0.1) is 0 Å². The Labute approximate surface area is 164 Å². The molecule has 26 heavy (non-hydrogen) atoms. The molecule has 0 atom stereocenters. The van der Waals surface area contributed by atoms with Crippen LogP contribution in [0.25, 0.3) is 0 Å². The van der Waals surface area contributed by atoms with Crippen molar-refractivity contribution in [2.45, 2.75) is 129 Å². The summed E-state index contributed by atoms with van der Waals surface area (Å²) in [6.07, 6.45) is 24.9. The van der Waals surface area contributed by atoms with Crippen LogP contribution in [0, 0.1) is 34.5 Å². The molecule has 0 saturated heterocycles. The summed E-state index contributed by atoms with van der Waals surface area (Å²) in [7, 11) is 0. The lowest BCUT2D eigenvalue weighted by atomic mass is 9.63. The molecule has 2 fully saturated rings. The van der Waals surface area contributed by atoms with Crippen molar-refractivity contribution in [1.82, 2.24) is 0 Å². The number of nitriles is 1. The van der Waals surface area contributed by atoms with Gasteiger partial charge in [-0.3, -0.25) is 0 Å². The monoisotopic (exact) mass is 359 g/mol. The van der Waals surface area contributed by atoms with Crippen molar-refractivity contribution in [2.24, 2.45) is 23.2 Å². The van der Waals surface area contributed by atoms with Gasteiger partial charge in [0.15, 0.2) is 0 Å². The minimum atomic E-state index is 0.0413. The Balaban J connectivity index is 1.57. The van der Waals surface area contributed by atoms with E-state index in [-0.39, 0.29) is 5.41 Å². The van der Waals surface area contributed by atoms with Gasteiger partial charge in [-0.25, -0.2) is 0 Å². The largest absolute Gasteiger partial charge is 0.198 e. The fourth-order valence-electron chi connectivity index (χ4n) is 5.90. The molecule has 2 aliphatic carbocycles. The summed E-state index contributed by atoms with van der Waals surface area (Å²) >= 11 is 0. The van der Waals surface area contributed by atoms with Crippen LogP contribution in [0.15, 0.2) is 0 Å². The van der Waals surface area contributed by atoms with Crippen molar-refractivity contribution < 1.29 is 0 Å². The maximum atomic E-state index is 9.62. The quantitative estimate of drug-likeness (QED) is 0.339. The first-order chi connectivity index (χ1) is 12.7. The molecule has 0 aliphatic heterocycles.